The van der Waals surface area contributed by atoms with Crippen molar-refractivity contribution in [2.75, 3.05) is 0 Å². The highest BCUT2D eigenvalue weighted by molar-refractivity contribution is 6.16. The second kappa shape index (κ2) is 9.61. The largest absolute Gasteiger partial charge is 0.455 e. The molecule has 0 saturated carbocycles. The minimum atomic E-state index is 0.126. The smallest absolute Gasteiger partial charge is 0.228 e. The summed E-state index contributed by atoms with van der Waals surface area (Å²) in [4.78, 5) is 0. The predicted molar refractivity (Wildman–Crippen MR) is 171 cm³/mol. The van der Waals surface area contributed by atoms with Crippen LogP contribution in [0.5, 0.6) is 11.5 Å². The van der Waals surface area contributed by atoms with Crippen molar-refractivity contribution in [1.29, 1.82) is 0 Å². The van der Waals surface area contributed by atoms with Crippen molar-refractivity contribution in [3.63, 3.8) is 0 Å². The lowest BCUT2D eigenvalue weighted by Crippen LogP contribution is -2.32. The lowest BCUT2D eigenvalue weighted by Gasteiger charge is -2.28. The third-order valence-corrected chi connectivity index (χ3v) is 8.40. The van der Waals surface area contributed by atoms with E-state index in [1.54, 1.807) is 0 Å². The van der Waals surface area contributed by atoms with Crippen LogP contribution in [0, 0.1) is 24.2 Å². The van der Waals surface area contributed by atoms with Crippen LogP contribution < -0.4 is 9.30 Å². The number of fused-ring (bicyclic) bond motifs is 5. The van der Waals surface area contributed by atoms with Gasteiger partial charge in [0.25, 0.3) is 0 Å². The zero-order valence-electron chi connectivity index (χ0n) is 25.8. The first kappa shape index (κ1) is 26.8. The topological polar surface area (TPSA) is 13.1 Å². The van der Waals surface area contributed by atoms with Gasteiger partial charge in [-0.15, -0.1) is 0 Å². The van der Waals surface area contributed by atoms with Crippen LogP contribution in [-0.2, 0) is 26.3 Å². The van der Waals surface area contributed by atoms with Crippen molar-refractivity contribution < 1.29 is 9.30 Å². The Balaban J connectivity index is 1.71. The fourth-order valence-corrected chi connectivity index (χ4v) is 6.83. The lowest BCUT2D eigenvalue weighted by atomic mass is 9.81. The average Bonchev–Trinajstić information content (AvgIpc) is 2.86. The van der Waals surface area contributed by atoms with E-state index in [9.17, 15) is 0 Å². The van der Waals surface area contributed by atoms with Crippen LogP contribution in [0.1, 0.15) is 70.7 Å². The second-order valence-corrected chi connectivity index (χ2v) is 14.2. The number of hydrogen-bond acceptors (Lipinski definition) is 1. The first-order valence-corrected chi connectivity index (χ1v) is 15.1. The van der Waals surface area contributed by atoms with Gasteiger partial charge < -0.3 is 4.74 Å². The van der Waals surface area contributed by atoms with Crippen molar-refractivity contribution in [3.8, 4) is 22.8 Å². The Hall–Kier alpha value is -3.39. The Labute approximate surface area is 240 Å². The highest BCUT2D eigenvalue weighted by Gasteiger charge is 2.34. The van der Waals surface area contributed by atoms with Gasteiger partial charge in [-0.3, -0.25) is 0 Å². The maximum absolute atomic E-state index is 7.05. The predicted octanol–water partition coefficient (Wildman–Crippen LogP) is 10.0. The van der Waals surface area contributed by atoms with Crippen LogP contribution in [0.2, 0.25) is 0 Å². The van der Waals surface area contributed by atoms with Gasteiger partial charge in [-0.2, -0.15) is 0 Å². The molecule has 1 aromatic heterocycles. The molecule has 0 radical (unpaired) electrons. The standard InChI is InChI=1S/C38H44NO/c1-22(2)16-25-10-12-27-20-33-35-29(31(27)19-25)14-15-39(9)36(35)34-24(5)30-18-26(17-23(3)4)11-13-28(30)32(37(34)40-33)21-38(6,7)8/h10-15,18-20,22-23H,16-17,21H2,1-9H3/q+1. The van der Waals surface area contributed by atoms with E-state index in [1.807, 2.05) is 0 Å². The molecule has 2 heteroatoms. The van der Waals surface area contributed by atoms with Gasteiger partial charge in [0.2, 0.25) is 5.69 Å². The Bertz CT molecular complexity index is 1800. The van der Waals surface area contributed by atoms with Gasteiger partial charge in [0.1, 0.15) is 18.5 Å². The Kier molecular flexibility index (Phi) is 6.44. The third kappa shape index (κ3) is 4.56. The molecule has 2 heterocycles. The van der Waals surface area contributed by atoms with Crippen molar-refractivity contribution >= 4 is 32.3 Å². The molecule has 1 aliphatic rings. The molecule has 0 amide bonds. The molecule has 40 heavy (non-hydrogen) atoms. The Morgan fingerprint density at radius 1 is 0.775 bits per heavy atom. The zero-order valence-corrected chi connectivity index (χ0v) is 25.8. The average molecular weight is 531 g/mol. The summed E-state index contributed by atoms with van der Waals surface area (Å²) < 4.78 is 9.37. The summed E-state index contributed by atoms with van der Waals surface area (Å²) in [6.45, 7) is 18.5. The molecule has 0 bridgehead atoms. The fourth-order valence-electron chi connectivity index (χ4n) is 6.83. The quantitative estimate of drug-likeness (QED) is 0.160. The molecule has 0 saturated heterocycles. The van der Waals surface area contributed by atoms with Crippen molar-refractivity contribution in [1.82, 2.24) is 0 Å². The molecule has 4 aromatic carbocycles. The summed E-state index contributed by atoms with van der Waals surface area (Å²) in [6.07, 6.45) is 5.38. The minimum Gasteiger partial charge on any atom is -0.455 e. The summed E-state index contributed by atoms with van der Waals surface area (Å²) in [5.41, 5.74) is 8.11. The van der Waals surface area contributed by atoms with E-state index in [-0.39, 0.29) is 5.41 Å². The lowest BCUT2D eigenvalue weighted by molar-refractivity contribution is -0.659. The molecule has 0 atom stereocenters. The number of nitrogens with zero attached hydrogens (tertiary/aromatic N) is 1. The molecular weight excluding hydrogens is 486 g/mol. The van der Waals surface area contributed by atoms with Crippen LogP contribution >= 0.6 is 0 Å². The van der Waals surface area contributed by atoms with E-state index in [4.69, 9.17) is 4.74 Å². The Morgan fingerprint density at radius 2 is 1.43 bits per heavy atom. The van der Waals surface area contributed by atoms with Crippen LogP contribution in [0.15, 0.2) is 54.7 Å². The van der Waals surface area contributed by atoms with Crippen LogP contribution in [0.4, 0.5) is 0 Å². The summed E-state index contributed by atoms with van der Waals surface area (Å²) >= 11 is 0. The van der Waals surface area contributed by atoms with E-state index < -0.39 is 0 Å². The molecular formula is C38H44NO+. The molecule has 2 nitrogen and oxygen atoms in total. The number of hydrogen-bond donors (Lipinski definition) is 0. The van der Waals surface area contributed by atoms with Gasteiger partial charge in [-0.1, -0.05) is 84.9 Å². The van der Waals surface area contributed by atoms with Crippen molar-refractivity contribution in [2.24, 2.45) is 24.3 Å². The number of ether oxygens (including phenoxy) is 1. The van der Waals surface area contributed by atoms with E-state index >= 15 is 0 Å². The van der Waals surface area contributed by atoms with Crippen LogP contribution in [0.25, 0.3) is 43.6 Å². The number of aromatic nitrogens is 1. The van der Waals surface area contributed by atoms with Crippen molar-refractivity contribution in [2.45, 2.75) is 74.7 Å². The first-order chi connectivity index (χ1) is 18.9. The second-order valence-electron chi connectivity index (χ2n) is 14.2. The minimum absolute atomic E-state index is 0.126. The fraction of sp³-hybridized carbons (Fsp3) is 0.395. The van der Waals surface area contributed by atoms with E-state index in [1.165, 1.54) is 65.8 Å². The van der Waals surface area contributed by atoms with Gasteiger partial charge in [-0.05, 0) is 87.7 Å². The van der Waals surface area contributed by atoms with E-state index in [0.717, 1.165) is 30.8 Å². The van der Waals surface area contributed by atoms with Gasteiger partial charge >= 0.3 is 0 Å². The Morgan fingerprint density at radius 3 is 2.08 bits per heavy atom. The van der Waals surface area contributed by atoms with Crippen LogP contribution in [-0.4, -0.2) is 0 Å². The summed E-state index contributed by atoms with van der Waals surface area (Å²) in [7, 11) is 2.19. The molecule has 0 fully saturated rings. The van der Waals surface area contributed by atoms with Gasteiger partial charge in [0, 0.05) is 17.0 Å². The van der Waals surface area contributed by atoms with Gasteiger partial charge in [0.05, 0.1) is 10.9 Å². The normalized spacial score (nSPS) is 13.1. The molecule has 5 aromatic rings. The summed E-state index contributed by atoms with van der Waals surface area (Å²) in [5.74, 6) is 3.27. The molecule has 0 N–H and O–H groups in total. The molecule has 206 valence electrons. The monoisotopic (exact) mass is 530 g/mol. The third-order valence-electron chi connectivity index (χ3n) is 8.40. The number of benzene rings is 4. The summed E-state index contributed by atoms with van der Waals surface area (Å²) in [5, 5.41) is 7.76. The molecule has 0 unspecified atom stereocenters. The number of pyridine rings is 1. The SMILES string of the molecule is Cc1c2c(c(CC(C)(C)C)c3ccc(CC(C)C)cc13)Oc1cc3ccc(CC(C)C)cc3c3cc[n+](C)c-2c13. The maximum atomic E-state index is 7.05. The number of rotatable bonds is 5. The molecule has 6 rings (SSSR count). The maximum Gasteiger partial charge on any atom is 0.228 e. The number of aryl methyl sites for hydroxylation is 2. The molecule has 0 aliphatic carbocycles. The van der Waals surface area contributed by atoms with E-state index in [0.29, 0.717) is 11.8 Å². The molecule has 1 aliphatic heterocycles. The van der Waals surface area contributed by atoms with Gasteiger partial charge in [-0.25, -0.2) is 4.57 Å². The first-order valence-electron chi connectivity index (χ1n) is 15.1. The van der Waals surface area contributed by atoms with Gasteiger partial charge in [0.15, 0.2) is 6.20 Å². The van der Waals surface area contributed by atoms with E-state index in [2.05, 4.69) is 122 Å². The van der Waals surface area contributed by atoms with Crippen LogP contribution in [0.3, 0.4) is 0 Å². The highest BCUT2D eigenvalue weighted by atomic mass is 16.5. The van der Waals surface area contributed by atoms with Crippen molar-refractivity contribution in [3.05, 3.63) is 77.0 Å². The summed E-state index contributed by atoms with van der Waals surface area (Å²) in [6, 6.07) is 18.7. The molecule has 0 spiro atoms. The zero-order chi connectivity index (χ0) is 28.5. The highest BCUT2D eigenvalue weighted by Crippen LogP contribution is 2.52.